The van der Waals surface area contributed by atoms with E-state index in [2.05, 4.69) is 48.5 Å². The van der Waals surface area contributed by atoms with Crippen LogP contribution in [-0.4, -0.2) is 96.7 Å². The number of esters is 4. The van der Waals surface area contributed by atoms with Crippen LogP contribution in [0, 0.1) is 17.8 Å². The smallest absolute Gasteiger partial charge is 0.462 e. The third-order valence-electron chi connectivity index (χ3n) is 21.2. The molecule has 6 atom stereocenters. The van der Waals surface area contributed by atoms with Crippen LogP contribution in [0.3, 0.4) is 0 Å². The molecular formula is C89H174O17P2. The van der Waals surface area contributed by atoms with Crippen molar-refractivity contribution in [3.63, 3.8) is 0 Å². The highest BCUT2D eigenvalue weighted by Crippen LogP contribution is 2.45. The maximum Gasteiger partial charge on any atom is 0.472 e. The maximum absolute atomic E-state index is 13.2. The summed E-state index contributed by atoms with van der Waals surface area (Å²) in [4.78, 5) is 73.3. The first-order valence-corrected chi connectivity index (χ1v) is 48.9. The Morgan fingerprint density at radius 3 is 0.704 bits per heavy atom. The van der Waals surface area contributed by atoms with E-state index < -0.39 is 97.5 Å². The van der Waals surface area contributed by atoms with Crippen LogP contribution in [0.2, 0.25) is 0 Å². The predicted octanol–water partition coefficient (Wildman–Crippen LogP) is 27.3. The summed E-state index contributed by atoms with van der Waals surface area (Å²) in [6.45, 7) is 12.1. The second-order valence-electron chi connectivity index (χ2n) is 33.2. The molecule has 0 aliphatic heterocycles. The normalized spacial score (nSPS) is 14.1. The predicted molar refractivity (Wildman–Crippen MR) is 446 cm³/mol. The van der Waals surface area contributed by atoms with Gasteiger partial charge in [0, 0.05) is 25.7 Å². The lowest BCUT2D eigenvalue weighted by Gasteiger charge is -2.21. The van der Waals surface area contributed by atoms with Gasteiger partial charge < -0.3 is 33.8 Å². The van der Waals surface area contributed by atoms with Crippen molar-refractivity contribution in [2.75, 3.05) is 39.6 Å². The molecule has 0 fully saturated rings. The molecule has 0 aromatic heterocycles. The number of carbonyl (C=O) groups is 4. The van der Waals surface area contributed by atoms with Gasteiger partial charge in [-0.05, 0) is 43.4 Å². The van der Waals surface area contributed by atoms with Crippen molar-refractivity contribution in [2.45, 2.75) is 491 Å². The van der Waals surface area contributed by atoms with Gasteiger partial charge in [0.25, 0.3) is 0 Å². The molecule has 0 rings (SSSR count). The van der Waals surface area contributed by atoms with Crippen LogP contribution in [0.15, 0.2) is 0 Å². The van der Waals surface area contributed by atoms with Gasteiger partial charge in [-0.15, -0.1) is 0 Å². The fourth-order valence-corrected chi connectivity index (χ4v) is 15.4. The van der Waals surface area contributed by atoms with Gasteiger partial charge in [0.15, 0.2) is 12.2 Å². The summed E-state index contributed by atoms with van der Waals surface area (Å²) in [6, 6.07) is 0. The molecule has 0 saturated carbocycles. The molecule has 0 saturated heterocycles. The van der Waals surface area contributed by atoms with Crippen LogP contribution < -0.4 is 0 Å². The summed E-state index contributed by atoms with van der Waals surface area (Å²) >= 11 is 0. The number of phosphoric ester groups is 2. The average Bonchev–Trinajstić information content (AvgIpc) is 0.905. The number of carbonyl (C=O) groups excluding carboxylic acids is 4. The lowest BCUT2D eigenvalue weighted by molar-refractivity contribution is -0.161. The van der Waals surface area contributed by atoms with Gasteiger partial charge in [-0.25, -0.2) is 9.13 Å². The van der Waals surface area contributed by atoms with E-state index in [1.165, 1.54) is 283 Å². The van der Waals surface area contributed by atoms with Crippen molar-refractivity contribution in [2.24, 2.45) is 17.8 Å². The van der Waals surface area contributed by atoms with E-state index in [1.807, 2.05) is 0 Å². The lowest BCUT2D eigenvalue weighted by Crippen LogP contribution is -2.30. The summed E-state index contributed by atoms with van der Waals surface area (Å²) in [6.07, 6.45) is 70.7. The Balaban J connectivity index is 5.23. The first kappa shape index (κ1) is 106. The van der Waals surface area contributed by atoms with Gasteiger partial charge in [0.1, 0.15) is 19.3 Å². The van der Waals surface area contributed by atoms with Crippen molar-refractivity contribution in [1.29, 1.82) is 0 Å². The maximum atomic E-state index is 13.2. The van der Waals surface area contributed by atoms with E-state index in [-0.39, 0.29) is 25.7 Å². The standard InChI is InChI=1S/C89H174O17P2/c1-8-10-11-12-13-14-42-49-56-63-70-86(91)99-76-84(105-89(94)73-66-59-52-45-38-32-26-25-29-35-41-48-55-62-69-82(7)9-2)78-103-107(95,96)101-74-83(90)75-102-108(97,98)104-79-85(77-100-87(92)71-64-57-50-43-36-30-23-20-19-22-28-34-40-47-54-61-68-81(5)6)106-88(93)72-65-58-51-44-37-31-24-18-16-15-17-21-27-33-39-46-53-60-67-80(3)4/h80-85,90H,8-79H2,1-7H3,(H,95,96)(H,97,98)/t82?,83-,84+,85+/m0/s1. The quantitative estimate of drug-likeness (QED) is 0.0222. The van der Waals surface area contributed by atoms with Crippen LogP contribution in [-0.2, 0) is 65.4 Å². The fraction of sp³-hybridized carbons (Fsp3) is 0.955. The first-order chi connectivity index (χ1) is 52.3. The van der Waals surface area contributed by atoms with Crippen molar-refractivity contribution >= 4 is 39.5 Å². The number of aliphatic hydroxyl groups is 1. The minimum atomic E-state index is -4.97. The fourth-order valence-electron chi connectivity index (χ4n) is 13.9. The molecule has 3 N–H and O–H groups in total. The highest BCUT2D eigenvalue weighted by Gasteiger charge is 2.31. The van der Waals surface area contributed by atoms with Gasteiger partial charge in [-0.2, -0.15) is 0 Å². The number of hydrogen-bond acceptors (Lipinski definition) is 15. The van der Waals surface area contributed by atoms with Crippen molar-refractivity contribution < 1.29 is 80.2 Å². The summed E-state index contributed by atoms with van der Waals surface area (Å²) in [5.41, 5.74) is 0. The largest absolute Gasteiger partial charge is 0.472 e. The van der Waals surface area contributed by atoms with Crippen LogP contribution >= 0.6 is 15.6 Å². The number of phosphoric acid groups is 2. The summed E-state index contributed by atoms with van der Waals surface area (Å²) in [7, 11) is -9.93. The lowest BCUT2D eigenvalue weighted by atomic mass is 9.99. The van der Waals surface area contributed by atoms with Gasteiger partial charge in [-0.1, -0.05) is 421 Å². The van der Waals surface area contributed by atoms with Gasteiger partial charge in [0.05, 0.1) is 26.4 Å². The average molecular weight is 1580 g/mol. The Labute approximate surface area is 664 Å². The molecule has 0 heterocycles. The minimum absolute atomic E-state index is 0.108. The second kappa shape index (κ2) is 78.9. The van der Waals surface area contributed by atoms with E-state index in [0.29, 0.717) is 25.7 Å². The molecule has 0 amide bonds. The molecule has 0 bridgehead atoms. The number of aliphatic hydroxyl groups excluding tert-OH is 1. The van der Waals surface area contributed by atoms with E-state index >= 15 is 0 Å². The molecule has 0 spiro atoms. The van der Waals surface area contributed by atoms with Crippen molar-refractivity contribution in [3.05, 3.63) is 0 Å². The molecule has 0 aromatic carbocycles. The van der Waals surface area contributed by atoms with Crippen molar-refractivity contribution in [3.8, 4) is 0 Å². The van der Waals surface area contributed by atoms with Gasteiger partial charge in [-0.3, -0.25) is 37.3 Å². The summed E-state index contributed by atoms with van der Waals surface area (Å²) in [5, 5.41) is 10.7. The minimum Gasteiger partial charge on any atom is -0.462 e. The zero-order valence-corrected chi connectivity index (χ0v) is 73.1. The first-order valence-electron chi connectivity index (χ1n) is 45.9. The van der Waals surface area contributed by atoms with Crippen LogP contribution in [0.1, 0.15) is 472 Å². The number of unbranched alkanes of at least 4 members (excludes halogenated alkanes) is 54. The molecule has 0 aliphatic rings. The Morgan fingerprint density at radius 2 is 0.472 bits per heavy atom. The number of ether oxygens (including phenoxy) is 4. The van der Waals surface area contributed by atoms with Crippen molar-refractivity contribution in [1.82, 2.24) is 0 Å². The summed E-state index contributed by atoms with van der Waals surface area (Å²) in [5.74, 6) is 0.379. The molecule has 108 heavy (non-hydrogen) atoms. The van der Waals surface area contributed by atoms with E-state index in [1.54, 1.807) is 0 Å². The highest BCUT2D eigenvalue weighted by atomic mass is 31.2. The molecule has 0 aromatic rings. The SMILES string of the molecule is CCCCCCCCCCCCC(=O)OC[C@H](COP(=O)(O)OC[C@H](O)COP(=O)(O)OC[C@@H](COC(=O)CCCCCCCCCCCCCCCCCCC(C)C)OC(=O)CCCCCCCCCCCCCCCCCCCCC(C)C)OC(=O)CCCCCCCCCCCCCCCCC(C)CC. The molecule has 642 valence electrons. The highest BCUT2D eigenvalue weighted by molar-refractivity contribution is 7.47. The number of hydrogen-bond donors (Lipinski definition) is 3. The van der Waals surface area contributed by atoms with E-state index in [9.17, 15) is 43.2 Å². The number of rotatable bonds is 87. The van der Waals surface area contributed by atoms with Gasteiger partial charge >= 0.3 is 39.5 Å². The van der Waals surface area contributed by atoms with Crippen LogP contribution in [0.5, 0.6) is 0 Å². The molecule has 0 radical (unpaired) electrons. The van der Waals surface area contributed by atoms with Gasteiger partial charge in [0.2, 0.25) is 0 Å². The van der Waals surface area contributed by atoms with Crippen LogP contribution in [0.25, 0.3) is 0 Å². The molecular weight excluding hydrogens is 1400 g/mol. The Morgan fingerprint density at radius 1 is 0.269 bits per heavy atom. The third kappa shape index (κ3) is 80.7. The second-order valence-corrected chi connectivity index (χ2v) is 36.1. The molecule has 19 heteroatoms. The molecule has 17 nitrogen and oxygen atoms in total. The third-order valence-corrected chi connectivity index (χ3v) is 23.1. The Hall–Kier alpha value is -1.94. The van der Waals surface area contributed by atoms with E-state index in [4.69, 9.17) is 37.0 Å². The van der Waals surface area contributed by atoms with E-state index in [0.717, 1.165) is 108 Å². The Bertz CT molecular complexity index is 2080. The Kier molecular flexibility index (Phi) is 77.5. The summed E-state index contributed by atoms with van der Waals surface area (Å²) < 4.78 is 69.0. The molecule has 0 aliphatic carbocycles. The monoisotopic (exact) mass is 1580 g/mol. The van der Waals surface area contributed by atoms with Crippen LogP contribution in [0.4, 0.5) is 0 Å². The topological polar surface area (TPSA) is 237 Å². The zero-order valence-electron chi connectivity index (χ0n) is 71.3. The zero-order chi connectivity index (χ0) is 79.3. The molecule has 3 unspecified atom stereocenters.